The number of fused-ring (bicyclic) bond motifs is 1. The van der Waals surface area contributed by atoms with E-state index in [1.54, 1.807) is 0 Å². The third-order valence-electron chi connectivity index (χ3n) is 3.87. The minimum absolute atomic E-state index is 0.252. The van der Waals surface area contributed by atoms with Crippen molar-refractivity contribution in [2.45, 2.75) is 59.0 Å². The fraction of sp³-hybridized carbons (Fsp3) is 0.625. The molecule has 0 saturated carbocycles. The first kappa shape index (κ1) is 15.0. The molecule has 1 N–H and O–H groups in total. The molecule has 2 rings (SSSR count). The highest BCUT2D eigenvalue weighted by Crippen LogP contribution is 2.28. The van der Waals surface area contributed by atoms with E-state index in [-0.39, 0.29) is 5.41 Å². The second kappa shape index (κ2) is 5.17. The lowest BCUT2D eigenvalue weighted by Crippen LogP contribution is -2.37. The molecule has 0 fully saturated rings. The highest BCUT2D eigenvalue weighted by atomic mass is 16.4. The van der Waals surface area contributed by atoms with Gasteiger partial charge in [-0.15, -0.1) is 0 Å². The maximum absolute atomic E-state index is 11.5. The number of rotatable bonds is 2. The van der Waals surface area contributed by atoms with Gasteiger partial charge in [-0.3, -0.25) is 9.88 Å². The van der Waals surface area contributed by atoms with Gasteiger partial charge in [0.15, 0.2) is 0 Å². The summed E-state index contributed by atoms with van der Waals surface area (Å²) >= 11 is 0. The number of carboxylic acids is 1. The Morgan fingerprint density at radius 3 is 2.55 bits per heavy atom. The van der Waals surface area contributed by atoms with E-state index < -0.39 is 5.97 Å². The van der Waals surface area contributed by atoms with Crippen LogP contribution in [0.3, 0.4) is 0 Å². The zero-order chi connectivity index (χ0) is 15.1. The van der Waals surface area contributed by atoms with Gasteiger partial charge < -0.3 is 5.11 Å². The number of carbonyl (C=O) groups is 1. The molecule has 0 aromatic carbocycles. The van der Waals surface area contributed by atoms with Crippen LogP contribution in [0, 0.1) is 0 Å². The summed E-state index contributed by atoms with van der Waals surface area (Å²) in [6, 6.07) is 2.30. The molecule has 4 nitrogen and oxygen atoms in total. The summed E-state index contributed by atoms with van der Waals surface area (Å²) in [5, 5.41) is 9.45. The fourth-order valence-corrected chi connectivity index (χ4v) is 2.67. The smallest absolute Gasteiger partial charge is 0.337 e. The van der Waals surface area contributed by atoms with Crippen molar-refractivity contribution in [3.8, 4) is 0 Å². The predicted molar refractivity (Wildman–Crippen MR) is 79.1 cm³/mol. The highest BCUT2D eigenvalue weighted by molar-refractivity contribution is 5.89. The topological polar surface area (TPSA) is 53.4 Å². The van der Waals surface area contributed by atoms with E-state index in [9.17, 15) is 9.90 Å². The average molecular weight is 276 g/mol. The minimum atomic E-state index is -0.883. The summed E-state index contributed by atoms with van der Waals surface area (Å²) in [5.41, 5.74) is 2.92. The van der Waals surface area contributed by atoms with Crippen LogP contribution in [0.15, 0.2) is 6.07 Å². The molecule has 0 aliphatic carbocycles. The summed E-state index contributed by atoms with van der Waals surface area (Å²) < 4.78 is 0. The molecule has 0 spiro atoms. The van der Waals surface area contributed by atoms with E-state index in [1.807, 2.05) is 26.8 Å². The molecular weight excluding hydrogens is 252 g/mol. The van der Waals surface area contributed by atoms with Crippen LogP contribution in [-0.2, 0) is 18.4 Å². The third-order valence-corrected chi connectivity index (χ3v) is 3.87. The molecule has 2 heterocycles. The maximum Gasteiger partial charge on any atom is 0.337 e. The first-order valence-corrected chi connectivity index (χ1v) is 7.20. The number of hydrogen-bond donors (Lipinski definition) is 1. The quantitative estimate of drug-likeness (QED) is 0.902. The molecule has 4 heteroatoms. The van der Waals surface area contributed by atoms with E-state index in [4.69, 9.17) is 4.98 Å². The first-order chi connectivity index (χ1) is 9.20. The summed E-state index contributed by atoms with van der Waals surface area (Å²) in [4.78, 5) is 18.6. The Morgan fingerprint density at radius 1 is 1.40 bits per heavy atom. The molecule has 1 aromatic rings. The molecule has 0 atom stereocenters. The van der Waals surface area contributed by atoms with Crippen LogP contribution in [0.1, 0.15) is 61.9 Å². The summed E-state index contributed by atoms with van der Waals surface area (Å²) in [5.74, 6) is -0.883. The van der Waals surface area contributed by atoms with Gasteiger partial charge in [-0.05, 0) is 25.5 Å². The standard InChI is InChI=1S/C16H24N2O2/c1-10(2)18-7-6-13-11(9-18)8-12(15(19)20)14(17-13)16(3,4)5/h8,10H,6-7,9H2,1-5H3,(H,19,20). The van der Waals surface area contributed by atoms with Crippen molar-refractivity contribution >= 4 is 5.97 Å². The molecule has 0 saturated heterocycles. The zero-order valence-corrected chi connectivity index (χ0v) is 13.0. The molecule has 1 aliphatic heterocycles. The van der Waals surface area contributed by atoms with Crippen molar-refractivity contribution in [3.05, 3.63) is 28.6 Å². The SMILES string of the molecule is CC(C)N1CCc2nc(C(C)(C)C)c(C(=O)O)cc2C1. The van der Waals surface area contributed by atoms with Gasteiger partial charge >= 0.3 is 5.97 Å². The molecule has 1 aliphatic rings. The first-order valence-electron chi connectivity index (χ1n) is 7.20. The molecule has 0 unspecified atom stereocenters. The van der Waals surface area contributed by atoms with Gasteiger partial charge in [-0.1, -0.05) is 20.8 Å². The maximum atomic E-state index is 11.5. The van der Waals surface area contributed by atoms with Crippen molar-refractivity contribution in [2.75, 3.05) is 6.54 Å². The lowest BCUT2D eigenvalue weighted by Gasteiger charge is -2.32. The van der Waals surface area contributed by atoms with Crippen molar-refractivity contribution in [1.29, 1.82) is 0 Å². The largest absolute Gasteiger partial charge is 0.478 e. The van der Waals surface area contributed by atoms with Gasteiger partial charge in [0.25, 0.3) is 0 Å². The van der Waals surface area contributed by atoms with E-state index in [0.29, 0.717) is 17.3 Å². The molecular formula is C16H24N2O2. The van der Waals surface area contributed by atoms with E-state index in [2.05, 4.69) is 18.7 Å². The van der Waals surface area contributed by atoms with Crippen molar-refractivity contribution < 1.29 is 9.90 Å². The van der Waals surface area contributed by atoms with Gasteiger partial charge in [0.2, 0.25) is 0 Å². The summed E-state index contributed by atoms with van der Waals surface area (Å²) in [6.45, 7) is 12.2. The molecule has 20 heavy (non-hydrogen) atoms. The molecule has 0 bridgehead atoms. The van der Waals surface area contributed by atoms with Crippen molar-refractivity contribution in [1.82, 2.24) is 9.88 Å². The number of pyridine rings is 1. The number of aromatic carboxylic acids is 1. The Hall–Kier alpha value is -1.42. The Morgan fingerprint density at radius 2 is 2.05 bits per heavy atom. The Bertz CT molecular complexity index is 530. The van der Waals surface area contributed by atoms with Gasteiger partial charge in [-0.2, -0.15) is 0 Å². The lowest BCUT2D eigenvalue weighted by molar-refractivity contribution is 0.0693. The van der Waals surface area contributed by atoms with E-state index >= 15 is 0 Å². The van der Waals surface area contributed by atoms with Crippen LogP contribution >= 0.6 is 0 Å². The van der Waals surface area contributed by atoms with Crippen LogP contribution < -0.4 is 0 Å². The molecule has 0 amide bonds. The van der Waals surface area contributed by atoms with Crippen LogP contribution in [0.4, 0.5) is 0 Å². The third kappa shape index (κ3) is 2.85. The van der Waals surface area contributed by atoms with Crippen LogP contribution in [0.25, 0.3) is 0 Å². The predicted octanol–water partition coefficient (Wildman–Crippen LogP) is 2.84. The number of carboxylic acid groups (broad SMARTS) is 1. The van der Waals surface area contributed by atoms with E-state index in [0.717, 1.165) is 30.8 Å². The number of aromatic nitrogens is 1. The van der Waals surface area contributed by atoms with Gasteiger partial charge in [0, 0.05) is 36.7 Å². The lowest BCUT2D eigenvalue weighted by atomic mass is 9.86. The van der Waals surface area contributed by atoms with Crippen molar-refractivity contribution in [3.63, 3.8) is 0 Å². The van der Waals surface area contributed by atoms with Crippen LogP contribution in [0.2, 0.25) is 0 Å². The average Bonchev–Trinajstić information content (AvgIpc) is 2.35. The van der Waals surface area contributed by atoms with Crippen LogP contribution in [-0.4, -0.2) is 33.5 Å². The fourth-order valence-electron chi connectivity index (χ4n) is 2.67. The van der Waals surface area contributed by atoms with Gasteiger partial charge in [0.1, 0.15) is 0 Å². The Balaban J connectivity index is 2.49. The Labute approximate surface area is 120 Å². The molecule has 110 valence electrons. The second-order valence-corrected chi connectivity index (χ2v) is 6.86. The number of hydrogen-bond acceptors (Lipinski definition) is 3. The number of nitrogens with zero attached hydrogens (tertiary/aromatic N) is 2. The van der Waals surface area contributed by atoms with E-state index in [1.165, 1.54) is 0 Å². The normalized spacial score (nSPS) is 16.3. The second-order valence-electron chi connectivity index (χ2n) is 6.86. The van der Waals surface area contributed by atoms with Crippen LogP contribution in [0.5, 0.6) is 0 Å². The summed E-state index contributed by atoms with van der Waals surface area (Å²) in [6.07, 6.45) is 0.899. The highest BCUT2D eigenvalue weighted by Gasteiger charge is 2.28. The zero-order valence-electron chi connectivity index (χ0n) is 13.0. The summed E-state index contributed by atoms with van der Waals surface area (Å²) in [7, 11) is 0. The van der Waals surface area contributed by atoms with Gasteiger partial charge in [0.05, 0.1) is 11.3 Å². The molecule has 1 aromatic heterocycles. The van der Waals surface area contributed by atoms with Gasteiger partial charge in [-0.25, -0.2) is 4.79 Å². The Kier molecular flexibility index (Phi) is 3.87. The molecule has 0 radical (unpaired) electrons. The van der Waals surface area contributed by atoms with Crippen molar-refractivity contribution in [2.24, 2.45) is 0 Å². The minimum Gasteiger partial charge on any atom is -0.478 e. The monoisotopic (exact) mass is 276 g/mol.